The predicted octanol–water partition coefficient (Wildman–Crippen LogP) is 2.05. The van der Waals surface area contributed by atoms with E-state index in [1.165, 1.54) is 12.8 Å². The Balaban J connectivity index is 2.12. The van der Waals surface area contributed by atoms with E-state index in [2.05, 4.69) is 11.9 Å². The van der Waals surface area contributed by atoms with Crippen LogP contribution in [0.4, 0.5) is 5.69 Å². The van der Waals surface area contributed by atoms with E-state index in [0.717, 1.165) is 29.8 Å². The second kappa shape index (κ2) is 5.83. The number of carbonyl (C=O) groups excluding carboxylic acids is 1. The van der Waals surface area contributed by atoms with Crippen LogP contribution in [0.3, 0.4) is 0 Å². The molecule has 1 unspecified atom stereocenters. The van der Waals surface area contributed by atoms with Gasteiger partial charge >= 0.3 is 0 Å². The number of carbonyl (C=O) groups is 1. The molecule has 2 N–H and O–H groups in total. The molecule has 0 aliphatic carbocycles. The van der Waals surface area contributed by atoms with Gasteiger partial charge in [-0.15, -0.1) is 0 Å². The Labute approximate surface area is 121 Å². The third-order valence-corrected chi connectivity index (χ3v) is 4.35. The minimum Gasteiger partial charge on any atom is -0.398 e. The van der Waals surface area contributed by atoms with Gasteiger partial charge in [-0.2, -0.15) is 0 Å². The first-order valence-electron chi connectivity index (χ1n) is 7.22. The number of nitrogen functional groups attached to an aromatic ring is 1. The highest BCUT2D eigenvalue weighted by atomic mass is 16.2. The molecule has 0 aromatic heterocycles. The van der Waals surface area contributed by atoms with Gasteiger partial charge in [-0.3, -0.25) is 4.79 Å². The van der Waals surface area contributed by atoms with Gasteiger partial charge in [0, 0.05) is 30.9 Å². The molecule has 0 spiro atoms. The third-order valence-electron chi connectivity index (χ3n) is 4.35. The van der Waals surface area contributed by atoms with Crippen LogP contribution in [-0.2, 0) is 0 Å². The van der Waals surface area contributed by atoms with Gasteiger partial charge in [0.15, 0.2) is 0 Å². The number of nitrogens with zero attached hydrogens (tertiary/aromatic N) is 2. The van der Waals surface area contributed by atoms with E-state index in [1.54, 1.807) is 0 Å². The number of hydrogen-bond donors (Lipinski definition) is 1. The fourth-order valence-electron chi connectivity index (χ4n) is 2.91. The fraction of sp³-hybridized carbons (Fsp3) is 0.562. The van der Waals surface area contributed by atoms with Gasteiger partial charge in [-0.25, -0.2) is 0 Å². The van der Waals surface area contributed by atoms with Crippen molar-refractivity contribution in [1.82, 2.24) is 9.80 Å². The SMILES string of the molecule is Cc1cc(C)c(C(=O)N(C)CC2CCCN2C)cc1N. The quantitative estimate of drug-likeness (QED) is 0.859. The lowest BCUT2D eigenvalue weighted by Gasteiger charge is -2.26. The number of hydrogen-bond acceptors (Lipinski definition) is 3. The second-order valence-corrected chi connectivity index (χ2v) is 5.99. The molecule has 1 aliphatic heterocycles. The van der Waals surface area contributed by atoms with E-state index in [4.69, 9.17) is 5.73 Å². The monoisotopic (exact) mass is 275 g/mol. The van der Waals surface area contributed by atoms with Crippen LogP contribution in [0.2, 0.25) is 0 Å². The predicted molar refractivity (Wildman–Crippen MR) is 82.9 cm³/mol. The van der Waals surface area contributed by atoms with Crippen molar-refractivity contribution in [2.45, 2.75) is 32.7 Å². The highest BCUT2D eigenvalue weighted by Crippen LogP contribution is 2.21. The number of nitrogens with two attached hydrogens (primary N) is 1. The molecule has 1 aliphatic rings. The fourth-order valence-corrected chi connectivity index (χ4v) is 2.91. The average Bonchev–Trinajstić information content (AvgIpc) is 2.78. The Morgan fingerprint density at radius 2 is 2.10 bits per heavy atom. The average molecular weight is 275 g/mol. The second-order valence-electron chi connectivity index (χ2n) is 5.99. The molecule has 1 aromatic carbocycles. The third kappa shape index (κ3) is 2.96. The first-order chi connectivity index (χ1) is 9.40. The summed E-state index contributed by atoms with van der Waals surface area (Å²) in [5.74, 6) is 0.0644. The molecule has 1 aromatic rings. The molecular formula is C16H25N3O. The zero-order chi connectivity index (χ0) is 14.9. The highest BCUT2D eigenvalue weighted by molar-refractivity contribution is 5.96. The van der Waals surface area contributed by atoms with Crippen molar-refractivity contribution in [2.24, 2.45) is 0 Å². The van der Waals surface area contributed by atoms with Crippen molar-refractivity contribution in [3.05, 3.63) is 28.8 Å². The van der Waals surface area contributed by atoms with Crippen molar-refractivity contribution < 1.29 is 4.79 Å². The van der Waals surface area contributed by atoms with E-state index < -0.39 is 0 Å². The van der Waals surface area contributed by atoms with Gasteiger partial charge in [0.1, 0.15) is 0 Å². The minimum atomic E-state index is 0.0644. The van der Waals surface area contributed by atoms with E-state index in [0.29, 0.717) is 11.7 Å². The molecule has 2 rings (SSSR count). The molecule has 1 amide bonds. The molecule has 1 saturated heterocycles. The first kappa shape index (κ1) is 14.9. The van der Waals surface area contributed by atoms with Crippen LogP contribution in [0.5, 0.6) is 0 Å². The Bertz CT molecular complexity index is 513. The van der Waals surface area contributed by atoms with Crippen LogP contribution >= 0.6 is 0 Å². The van der Waals surface area contributed by atoms with Crippen LogP contribution in [0.1, 0.15) is 34.3 Å². The van der Waals surface area contributed by atoms with Gasteiger partial charge in [-0.05, 0) is 57.5 Å². The summed E-state index contributed by atoms with van der Waals surface area (Å²) < 4.78 is 0. The van der Waals surface area contributed by atoms with Gasteiger partial charge in [0.2, 0.25) is 0 Å². The smallest absolute Gasteiger partial charge is 0.253 e. The molecule has 1 fully saturated rings. The van der Waals surface area contributed by atoms with E-state index >= 15 is 0 Å². The Morgan fingerprint density at radius 3 is 2.70 bits per heavy atom. The molecule has 0 radical (unpaired) electrons. The summed E-state index contributed by atoms with van der Waals surface area (Å²) in [6.07, 6.45) is 2.39. The largest absolute Gasteiger partial charge is 0.398 e. The zero-order valence-corrected chi connectivity index (χ0v) is 12.9. The summed E-state index contributed by atoms with van der Waals surface area (Å²) in [6, 6.07) is 4.27. The summed E-state index contributed by atoms with van der Waals surface area (Å²) in [5, 5.41) is 0. The summed E-state index contributed by atoms with van der Waals surface area (Å²) in [5.41, 5.74) is 9.36. The van der Waals surface area contributed by atoms with E-state index in [9.17, 15) is 4.79 Å². The Morgan fingerprint density at radius 1 is 1.40 bits per heavy atom. The van der Waals surface area contributed by atoms with Crippen molar-refractivity contribution in [3.8, 4) is 0 Å². The lowest BCUT2D eigenvalue weighted by atomic mass is 10.0. The zero-order valence-electron chi connectivity index (χ0n) is 12.9. The van der Waals surface area contributed by atoms with Gasteiger partial charge in [-0.1, -0.05) is 6.07 Å². The summed E-state index contributed by atoms with van der Waals surface area (Å²) in [6.45, 7) is 5.84. The molecule has 1 heterocycles. The van der Waals surface area contributed by atoms with Gasteiger partial charge < -0.3 is 15.5 Å². The topological polar surface area (TPSA) is 49.6 Å². The van der Waals surface area contributed by atoms with Gasteiger partial charge in [0.25, 0.3) is 5.91 Å². The molecule has 0 bridgehead atoms. The molecular weight excluding hydrogens is 250 g/mol. The number of rotatable bonds is 3. The summed E-state index contributed by atoms with van der Waals surface area (Å²) in [4.78, 5) is 16.7. The van der Waals surface area contributed by atoms with Crippen LogP contribution in [0.15, 0.2) is 12.1 Å². The minimum absolute atomic E-state index is 0.0644. The molecule has 0 saturated carbocycles. The van der Waals surface area contributed by atoms with Gasteiger partial charge in [0.05, 0.1) is 0 Å². The summed E-state index contributed by atoms with van der Waals surface area (Å²) >= 11 is 0. The number of likely N-dealkylation sites (tertiary alicyclic amines) is 1. The maximum atomic E-state index is 12.6. The van der Waals surface area contributed by atoms with Crippen molar-refractivity contribution in [1.29, 1.82) is 0 Å². The van der Waals surface area contributed by atoms with Crippen molar-refractivity contribution in [2.75, 3.05) is 32.9 Å². The van der Waals surface area contributed by atoms with Crippen LogP contribution in [-0.4, -0.2) is 48.9 Å². The standard InChI is InChI=1S/C16H25N3O/c1-11-8-12(2)15(17)9-14(11)16(20)19(4)10-13-6-5-7-18(13)3/h8-9,13H,5-7,10,17H2,1-4H3. The van der Waals surface area contributed by atoms with E-state index in [1.807, 2.05) is 37.9 Å². The molecule has 4 nitrogen and oxygen atoms in total. The number of amides is 1. The maximum Gasteiger partial charge on any atom is 0.253 e. The molecule has 4 heteroatoms. The van der Waals surface area contributed by atoms with Crippen LogP contribution < -0.4 is 5.73 Å². The Kier molecular flexibility index (Phi) is 4.33. The normalized spacial score (nSPS) is 19.3. The Hall–Kier alpha value is -1.55. The number of benzene rings is 1. The highest BCUT2D eigenvalue weighted by Gasteiger charge is 2.25. The maximum absolute atomic E-state index is 12.6. The number of anilines is 1. The molecule has 1 atom stereocenters. The number of aryl methyl sites for hydroxylation is 2. The van der Waals surface area contributed by atoms with E-state index in [-0.39, 0.29) is 5.91 Å². The molecule has 20 heavy (non-hydrogen) atoms. The van der Waals surface area contributed by atoms with Crippen molar-refractivity contribution in [3.63, 3.8) is 0 Å². The van der Waals surface area contributed by atoms with Crippen LogP contribution in [0.25, 0.3) is 0 Å². The van der Waals surface area contributed by atoms with Crippen LogP contribution in [0, 0.1) is 13.8 Å². The lowest BCUT2D eigenvalue weighted by Crippen LogP contribution is -2.39. The van der Waals surface area contributed by atoms with Crippen molar-refractivity contribution >= 4 is 11.6 Å². The molecule has 110 valence electrons. The lowest BCUT2D eigenvalue weighted by molar-refractivity contribution is 0.0761. The summed E-state index contributed by atoms with van der Waals surface area (Å²) in [7, 11) is 4.01. The number of likely N-dealkylation sites (N-methyl/N-ethyl adjacent to an activating group) is 2. The first-order valence-corrected chi connectivity index (χ1v) is 7.22.